The van der Waals surface area contributed by atoms with Crippen LogP contribution in [0.4, 0.5) is 0 Å². The van der Waals surface area contributed by atoms with Crippen molar-refractivity contribution in [3.8, 4) is 26.7 Å². The molecule has 8 nitrogen and oxygen atoms in total. The zero-order valence-electron chi connectivity index (χ0n) is 18.6. The van der Waals surface area contributed by atoms with Crippen LogP contribution in [0.1, 0.15) is 10.5 Å². The van der Waals surface area contributed by atoms with Crippen molar-refractivity contribution < 1.29 is 23.4 Å². The molecule has 35 heavy (non-hydrogen) atoms. The highest BCUT2D eigenvalue weighted by Gasteiger charge is 2.21. The highest BCUT2D eigenvalue weighted by atomic mass is 35.5. The minimum atomic E-state index is -3.35. The molecule has 0 saturated heterocycles. The number of nitrogens with one attached hydrogen (secondary N) is 1. The number of sulfone groups is 1. The Kier molecular flexibility index (Phi) is 7.39. The molecule has 0 spiro atoms. The first-order valence-electron chi connectivity index (χ1n) is 10.5. The first-order chi connectivity index (χ1) is 16.7. The first kappa shape index (κ1) is 25.1. The van der Waals surface area contributed by atoms with Crippen LogP contribution in [0.5, 0.6) is 0 Å². The van der Waals surface area contributed by atoms with E-state index in [-0.39, 0.29) is 10.6 Å². The summed E-state index contributed by atoms with van der Waals surface area (Å²) in [7, 11) is -3.35. The number of hydrogen-bond donors (Lipinski definition) is 3. The van der Waals surface area contributed by atoms with E-state index in [1.54, 1.807) is 53.2 Å². The Labute approximate surface area is 211 Å². The molecule has 0 bridgehead atoms. The predicted octanol–water partition coefficient (Wildman–Crippen LogP) is 3.41. The van der Waals surface area contributed by atoms with Crippen LogP contribution in [0, 0.1) is 0 Å². The highest BCUT2D eigenvalue weighted by molar-refractivity contribution is 7.90. The molecule has 2 aromatic heterocycles. The monoisotopic (exact) mass is 531 g/mol. The number of para-hydroxylation sites is 1. The van der Waals surface area contributed by atoms with E-state index in [2.05, 4.69) is 10.4 Å². The van der Waals surface area contributed by atoms with E-state index in [0.29, 0.717) is 16.4 Å². The van der Waals surface area contributed by atoms with Gasteiger partial charge < -0.3 is 15.5 Å². The predicted molar refractivity (Wildman–Crippen MR) is 136 cm³/mol. The molecule has 11 heteroatoms. The zero-order chi connectivity index (χ0) is 25.2. The molecule has 2 heterocycles. The van der Waals surface area contributed by atoms with Gasteiger partial charge in [0.1, 0.15) is 0 Å². The molecule has 0 radical (unpaired) electrons. The average Bonchev–Trinajstić information content (AvgIpc) is 3.50. The summed E-state index contributed by atoms with van der Waals surface area (Å²) in [4.78, 5) is 14.6. The Morgan fingerprint density at radius 1 is 1.06 bits per heavy atom. The van der Waals surface area contributed by atoms with Crippen LogP contribution in [0.25, 0.3) is 26.7 Å². The number of thiophene rings is 1. The number of carbonyl (C=O) groups excluding carboxylic acids is 1. The summed E-state index contributed by atoms with van der Waals surface area (Å²) >= 11 is 7.83. The molecule has 0 saturated carbocycles. The van der Waals surface area contributed by atoms with Crippen LogP contribution in [0.3, 0.4) is 0 Å². The second-order valence-corrected chi connectivity index (χ2v) is 11.3. The molecule has 3 N–H and O–H groups in total. The molecule has 0 aliphatic carbocycles. The number of carbonyl (C=O) groups is 1. The normalized spacial score (nSPS) is 11.7. The van der Waals surface area contributed by atoms with Gasteiger partial charge >= 0.3 is 0 Å². The second-order valence-electron chi connectivity index (χ2n) is 7.78. The number of aromatic nitrogens is 2. The van der Waals surface area contributed by atoms with Crippen molar-refractivity contribution in [2.24, 2.45) is 0 Å². The SMILES string of the molecule is CS(=O)(=O)c1cccc(-c2ccc(-c3cc(C(=O)NC(CO)CO)nn3-c3ccccc3Cl)s2)c1. The standard InChI is InChI=1S/C24H22ClN3O5S2/c1-35(32,33)17-6-4-5-15(11-17)22-9-10-23(34-22)21-12-19(24(31)26-16(13-29)14-30)27-28(21)20-8-3-2-7-18(20)25/h2-12,16,29-30H,13-14H2,1H3,(H,26,31). The van der Waals surface area contributed by atoms with E-state index in [4.69, 9.17) is 11.6 Å². The molecule has 0 atom stereocenters. The number of nitrogens with zero attached hydrogens (tertiary/aromatic N) is 2. The van der Waals surface area contributed by atoms with Crippen molar-refractivity contribution in [2.75, 3.05) is 19.5 Å². The third kappa shape index (κ3) is 5.47. The van der Waals surface area contributed by atoms with Crippen LogP contribution in [0.15, 0.2) is 71.6 Å². The smallest absolute Gasteiger partial charge is 0.272 e. The summed E-state index contributed by atoms with van der Waals surface area (Å²) in [6.07, 6.45) is 1.17. The van der Waals surface area contributed by atoms with Gasteiger partial charge in [0.05, 0.1) is 45.4 Å². The van der Waals surface area contributed by atoms with Gasteiger partial charge in [-0.2, -0.15) is 5.10 Å². The van der Waals surface area contributed by atoms with Crippen LogP contribution >= 0.6 is 22.9 Å². The highest BCUT2D eigenvalue weighted by Crippen LogP contribution is 2.37. The molecule has 2 aromatic carbocycles. The zero-order valence-corrected chi connectivity index (χ0v) is 20.9. The molecular weight excluding hydrogens is 510 g/mol. The van der Waals surface area contributed by atoms with Gasteiger partial charge in [-0.05, 0) is 48.0 Å². The number of hydrogen-bond acceptors (Lipinski definition) is 7. The number of benzene rings is 2. The summed E-state index contributed by atoms with van der Waals surface area (Å²) in [6, 6.07) is 18.3. The fourth-order valence-electron chi connectivity index (χ4n) is 3.39. The Morgan fingerprint density at radius 3 is 2.46 bits per heavy atom. The van der Waals surface area contributed by atoms with E-state index in [0.717, 1.165) is 15.3 Å². The van der Waals surface area contributed by atoms with Gasteiger partial charge in [0.15, 0.2) is 15.5 Å². The van der Waals surface area contributed by atoms with Crippen molar-refractivity contribution in [3.05, 3.63) is 77.4 Å². The summed E-state index contributed by atoms with van der Waals surface area (Å²) < 4.78 is 25.5. The quantitative estimate of drug-likeness (QED) is 0.320. The largest absolute Gasteiger partial charge is 0.394 e. The number of rotatable bonds is 8. The van der Waals surface area contributed by atoms with Gasteiger partial charge in [0, 0.05) is 11.1 Å². The fourth-order valence-corrected chi connectivity index (χ4v) is 5.28. The lowest BCUT2D eigenvalue weighted by atomic mass is 10.2. The second kappa shape index (κ2) is 10.3. The van der Waals surface area contributed by atoms with Crippen molar-refractivity contribution in [3.63, 3.8) is 0 Å². The Morgan fingerprint density at radius 2 is 1.77 bits per heavy atom. The molecule has 0 aliphatic heterocycles. The minimum absolute atomic E-state index is 0.0841. The van der Waals surface area contributed by atoms with Crippen LogP contribution < -0.4 is 5.32 Å². The third-order valence-corrected chi connectivity index (χ3v) is 7.79. The van der Waals surface area contributed by atoms with Gasteiger partial charge in [-0.25, -0.2) is 13.1 Å². The van der Waals surface area contributed by atoms with E-state index < -0.39 is 35.0 Å². The lowest BCUT2D eigenvalue weighted by Gasteiger charge is -2.11. The minimum Gasteiger partial charge on any atom is -0.394 e. The van der Waals surface area contributed by atoms with Crippen molar-refractivity contribution >= 4 is 38.7 Å². The summed E-state index contributed by atoms with van der Waals surface area (Å²) in [5.74, 6) is -0.553. The molecule has 182 valence electrons. The van der Waals surface area contributed by atoms with Crippen molar-refractivity contribution in [1.82, 2.24) is 15.1 Å². The Balaban J connectivity index is 1.78. The number of aliphatic hydroxyl groups is 2. The summed E-state index contributed by atoms with van der Waals surface area (Å²) in [6.45, 7) is -0.831. The lowest BCUT2D eigenvalue weighted by Crippen LogP contribution is -2.40. The van der Waals surface area contributed by atoms with Crippen LogP contribution in [0.2, 0.25) is 5.02 Å². The van der Waals surface area contributed by atoms with Gasteiger partial charge in [-0.3, -0.25) is 4.79 Å². The van der Waals surface area contributed by atoms with Gasteiger partial charge in [-0.1, -0.05) is 35.9 Å². The van der Waals surface area contributed by atoms with Gasteiger partial charge in [0.2, 0.25) is 0 Å². The fraction of sp³-hybridized carbons (Fsp3) is 0.167. The Bertz CT molecular complexity index is 1480. The third-order valence-electron chi connectivity index (χ3n) is 5.20. The van der Waals surface area contributed by atoms with Crippen LogP contribution in [-0.2, 0) is 9.84 Å². The lowest BCUT2D eigenvalue weighted by molar-refractivity contribution is 0.0874. The van der Waals surface area contributed by atoms with Crippen molar-refractivity contribution in [2.45, 2.75) is 10.9 Å². The molecule has 0 fully saturated rings. The average molecular weight is 532 g/mol. The Hall–Kier alpha value is -3.02. The van der Waals surface area contributed by atoms with Crippen LogP contribution in [-0.4, -0.2) is 59.8 Å². The topological polar surface area (TPSA) is 122 Å². The van der Waals surface area contributed by atoms with E-state index in [1.165, 1.54) is 17.6 Å². The maximum absolute atomic E-state index is 12.7. The maximum Gasteiger partial charge on any atom is 0.272 e. The first-order valence-corrected chi connectivity index (χ1v) is 13.6. The van der Waals surface area contributed by atoms with E-state index in [1.807, 2.05) is 18.2 Å². The molecule has 4 rings (SSSR count). The number of amides is 1. The molecule has 0 unspecified atom stereocenters. The van der Waals surface area contributed by atoms with Gasteiger partial charge in [0.25, 0.3) is 5.91 Å². The molecule has 4 aromatic rings. The van der Waals surface area contributed by atoms with Gasteiger partial charge in [-0.15, -0.1) is 11.3 Å². The van der Waals surface area contributed by atoms with E-state index >= 15 is 0 Å². The molecule has 1 amide bonds. The van der Waals surface area contributed by atoms with Crippen molar-refractivity contribution in [1.29, 1.82) is 0 Å². The molecular formula is C24H22ClN3O5S2. The number of halogens is 1. The van der Waals surface area contributed by atoms with E-state index in [9.17, 15) is 23.4 Å². The molecule has 0 aliphatic rings. The number of aliphatic hydroxyl groups excluding tert-OH is 2. The summed E-state index contributed by atoms with van der Waals surface area (Å²) in [5.41, 5.74) is 2.00. The summed E-state index contributed by atoms with van der Waals surface area (Å²) in [5, 5.41) is 26.0. The maximum atomic E-state index is 12.7.